The molecule has 2 saturated heterocycles. The van der Waals surface area contributed by atoms with Crippen molar-refractivity contribution in [1.29, 1.82) is 0 Å². The van der Waals surface area contributed by atoms with Gasteiger partial charge in [0.1, 0.15) is 0 Å². The van der Waals surface area contributed by atoms with Gasteiger partial charge in [0.05, 0.1) is 11.3 Å². The first-order chi connectivity index (χ1) is 7.34. The zero-order chi connectivity index (χ0) is 10.3. The minimum Gasteiger partial charge on any atom is -0.326 e. The molecule has 0 aliphatic carbocycles. The summed E-state index contributed by atoms with van der Waals surface area (Å²) >= 11 is 1.93. The van der Waals surface area contributed by atoms with Gasteiger partial charge in [-0.1, -0.05) is 30.3 Å². The van der Waals surface area contributed by atoms with E-state index in [9.17, 15) is 4.79 Å². The van der Waals surface area contributed by atoms with Crippen LogP contribution in [0.2, 0.25) is 0 Å². The molecular weight excluding hydrogens is 206 g/mol. The van der Waals surface area contributed by atoms with Gasteiger partial charge in [-0.2, -0.15) is 0 Å². The Morgan fingerprint density at radius 3 is 2.80 bits per heavy atom. The van der Waals surface area contributed by atoms with E-state index in [0.717, 1.165) is 18.7 Å². The largest absolute Gasteiger partial charge is 0.326 e. The maximum atomic E-state index is 11.9. The summed E-state index contributed by atoms with van der Waals surface area (Å²) in [4.78, 5) is 13.9. The summed E-state index contributed by atoms with van der Waals surface area (Å²) in [5.74, 6) is 1.71. The smallest absolute Gasteiger partial charge is 0.227 e. The monoisotopic (exact) mass is 219 g/mol. The van der Waals surface area contributed by atoms with Gasteiger partial charge in [-0.25, -0.2) is 0 Å². The number of amides is 1. The second-order valence-electron chi connectivity index (χ2n) is 4.17. The second-order valence-corrected chi connectivity index (χ2v) is 5.38. The topological polar surface area (TPSA) is 20.3 Å². The first kappa shape index (κ1) is 9.28. The molecule has 1 aromatic rings. The summed E-state index contributed by atoms with van der Waals surface area (Å²) in [5, 5.41) is 0.447. The highest BCUT2D eigenvalue weighted by Gasteiger charge is 2.44. The average Bonchev–Trinajstić information content (AvgIpc) is 2.84. The number of carbonyl (C=O) groups excluding carboxylic acids is 1. The Bertz CT molecular complexity index is 378. The van der Waals surface area contributed by atoms with Crippen LogP contribution in [-0.2, 0) is 11.3 Å². The highest BCUT2D eigenvalue weighted by Crippen LogP contribution is 2.42. The summed E-state index contributed by atoms with van der Waals surface area (Å²) in [6.07, 6.45) is 1.07. The standard InChI is InChI=1S/C12H13NOS/c14-12-10-6-11(15-8-10)13(12)7-9-4-2-1-3-5-9/h1-5,10-11H,6-8H2. The molecule has 0 aromatic heterocycles. The summed E-state index contributed by atoms with van der Waals surface area (Å²) in [6, 6.07) is 10.2. The molecule has 2 heterocycles. The van der Waals surface area contributed by atoms with Gasteiger partial charge in [-0.15, -0.1) is 11.8 Å². The molecule has 1 aromatic carbocycles. The lowest BCUT2D eigenvalue weighted by atomic mass is 10.1. The van der Waals surface area contributed by atoms with Crippen LogP contribution in [0.1, 0.15) is 12.0 Å². The molecule has 0 spiro atoms. The SMILES string of the molecule is O=C1C2CSC(C2)N1Cc1ccccc1. The quantitative estimate of drug-likeness (QED) is 0.759. The third-order valence-electron chi connectivity index (χ3n) is 3.15. The van der Waals surface area contributed by atoms with Crippen LogP contribution in [0, 0.1) is 5.92 Å². The van der Waals surface area contributed by atoms with E-state index in [2.05, 4.69) is 12.1 Å². The number of benzene rings is 1. The maximum Gasteiger partial charge on any atom is 0.227 e. The van der Waals surface area contributed by atoms with Gasteiger partial charge in [0.25, 0.3) is 0 Å². The Morgan fingerprint density at radius 1 is 1.33 bits per heavy atom. The molecule has 1 amide bonds. The van der Waals surface area contributed by atoms with E-state index in [4.69, 9.17) is 0 Å². The van der Waals surface area contributed by atoms with Crippen LogP contribution in [0.15, 0.2) is 30.3 Å². The maximum absolute atomic E-state index is 11.9. The van der Waals surface area contributed by atoms with Crippen molar-refractivity contribution < 1.29 is 4.79 Å². The number of carbonyl (C=O) groups is 1. The number of thioether (sulfide) groups is 1. The van der Waals surface area contributed by atoms with Gasteiger partial charge < -0.3 is 4.90 Å². The highest BCUT2D eigenvalue weighted by atomic mass is 32.2. The molecule has 0 saturated carbocycles. The third-order valence-corrected chi connectivity index (χ3v) is 4.58. The number of nitrogens with zero attached hydrogens (tertiary/aromatic N) is 1. The molecule has 0 radical (unpaired) electrons. The lowest BCUT2D eigenvalue weighted by molar-refractivity contribution is -0.131. The van der Waals surface area contributed by atoms with Crippen molar-refractivity contribution in [2.75, 3.05) is 5.75 Å². The van der Waals surface area contributed by atoms with E-state index in [1.54, 1.807) is 0 Å². The predicted molar refractivity (Wildman–Crippen MR) is 61.3 cm³/mol. The molecule has 2 fully saturated rings. The summed E-state index contributed by atoms with van der Waals surface area (Å²) in [7, 11) is 0. The Hall–Kier alpha value is -0.960. The molecular formula is C12H13NOS. The van der Waals surface area contributed by atoms with Crippen LogP contribution >= 0.6 is 11.8 Å². The van der Waals surface area contributed by atoms with E-state index in [0.29, 0.717) is 17.2 Å². The molecule has 2 bridgehead atoms. The van der Waals surface area contributed by atoms with Crippen molar-refractivity contribution in [3.05, 3.63) is 35.9 Å². The normalized spacial score (nSPS) is 28.8. The van der Waals surface area contributed by atoms with Gasteiger partial charge in [0.15, 0.2) is 0 Å². The van der Waals surface area contributed by atoms with Crippen LogP contribution in [0.4, 0.5) is 0 Å². The molecule has 2 nitrogen and oxygen atoms in total. The highest BCUT2D eigenvalue weighted by molar-refractivity contribution is 8.00. The Balaban J connectivity index is 1.77. The molecule has 78 valence electrons. The van der Waals surface area contributed by atoms with Crippen molar-refractivity contribution in [3.8, 4) is 0 Å². The van der Waals surface area contributed by atoms with Crippen molar-refractivity contribution >= 4 is 17.7 Å². The van der Waals surface area contributed by atoms with Crippen LogP contribution in [0.3, 0.4) is 0 Å². The fourth-order valence-electron chi connectivity index (χ4n) is 2.33. The molecule has 0 N–H and O–H groups in total. The van der Waals surface area contributed by atoms with Gasteiger partial charge >= 0.3 is 0 Å². The van der Waals surface area contributed by atoms with Crippen LogP contribution < -0.4 is 0 Å². The van der Waals surface area contributed by atoms with Gasteiger partial charge in [0.2, 0.25) is 5.91 Å². The van der Waals surface area contributed by atoms with Gasteiger partial charge in [0, 0.05) is 12.3 Å². The number of hydrogen-bond acceptors (Lipinski definition) is 2. The summed E-state index contributed by atoms with van der Waals surface area (Å²) < 4.78 is 0. The fourth-order valence-corrected chi connectivity index (χ4v) is 3.79. The van der Waals surface area contributed by atoms with Crippen LogP contribution in [0.5, 0.6) is 0 Å². The van der Waals surface area contributed by atoms with E-state index >= 15 is 0 Å². The van der Waals surface area contributed by atoms with E-state index < -0.39 is 0 Å². The van der Waals surface area contributed by atoms with E-state index in [1.165, 1.54) is 5.56 Å². The van der Waals surface area contributed by atoms with Crippen LogP contribution in [0.25, 0.3) is 0 Å². The lowest BCUT2D eigenvalue weighted by Crippen LogP contribution is -2.35. The molecule has 2 unspecified atom stereocenters. The average molecular weight is 219 g/mol. The summed E-state index contributed by atoms with van der Waals surface area (Å²) in [5.41, 5.74) is 1.24. The number of likely N-dealkylation sites (tertiary alicyclic amines) is 1. The van der Waals surface area contributed by atoms with Gasteiger partial charge in [-0.3, -0.25) is 4.79 Å². The van der Waals surface area contributed by atoms with Crippen molar-refractivity contribution in [2.45, 2.75) is 18.3 Å². The number of rotatable bonds is 2. The molecule has 2 atom stereocenters. The zero-order valence-electron chi connectivity index (χ0n) is 8.43. The summed E-state index contributed by atoms with van der Waals surface area (Å²) in [6.45, 7) is 0.786. The molecule has 3 heteroatoms. The first-order valence-corrected chi connectivity index (χ1v) is 6.35. The van der Waals surface area contributed by atoms with Crippen molar-refractivity contribution in [2.24, 2.45) is 5.92 Å². The molecule has 3 rings (SSSR count). The molecule has 2 aliphatic heterocycles. The molecule has 2 aliphatic rings. The van der Waals surface area contributed by atoms with Crippen molar-refractivity contribution in [1.82, 2.24) is 4.90 Å². The fraction of sp³-hybridized carbons (Fsp3) is 0.417. The van der Waals surface area contributed by atoms with Crippen molar-refractivity contribution in [3.63, 3.8) is 0 Å². The molecule has 15 heavy (non-hydrogen) atoms. The minimum atomic E-state index is 0.309. The number of hydrogen-bond donors (Lipinski definition) is 0. The Morgan fingerprint density at radius 2 is 2.13 bits per heavy atom. The van der Waals surface area contributed by atoms with E-state index in [1.807, 2.05) is 34.9 Å². The van der Waals surface area contributed by atoms with E-state index in [-0.39, 0.29) is 0 Å². The predicted octanol–water partition coefficient (Wildman–Crippen LogP) is 2.11. The Labute approximate surface area is 93.7 Å². The Kier molecular flexibility index (Phi) is 2.20. The minimum absolute atomic E-state index is 0.309. The van der Waals surface area contributed by atoms with Crippen LogP contribution in [-0.4, -0.2) is 21.9 Å². The second kappa shape index (κ2) is 3.56. The zero-order valence-corrected chi connectivity index (χ0v) is 9.24. The third kappa shape index (κ3) is 1.55. The first-order valence-electron chi connectivity index (χ1n) is 5.30. The number of fused-ring (bicyclic) bond motifs is 2. The van der Waals surface area contributed by atoms with Gasteiger partial charge in [-0.05, 0) is 12.0 Å². The lowest BCUT2D eigenvalue weighted by Gasteiger charge is -2.26.